The number of aromatic hydroxyl groups is 1. The molecule has 0 radical (unpaired) electrons. The van der Waals surface area contributed by atoms with Crippen LogP contribution in [0.25, 0.3) is 0 Å². The summed E-state index contributed by atoms with van der Waals surface area (Å²) in [5.74, 6) is -0.541. The molecule has 0 spiro atoms. The van der Waals surface area contributed by atoms with Gasteiger partial charge in [0.1, 0.15) is 18.2 Å². The van der Waals surface area contributed by atoms with Crippen LogP contribution in [0.5, 0.6) is 11.5 Å². The lowest BCUT2D eigenvalue weighted by atomic mass is 9.67. The van der Waals surface area contributed by atoms with Gasteiger partial charge in [-0.25, -0.2) is 0 Å². The van der Waals surface area contributed by atoms with Crippen LogP contribution < -0.4 is 20.7 Å². The first-order valence-electron chi connectivity index (χ1n) is 15.1. The van der Waals surface area contributed by atoms with E-state index in [1.54, 1.807) is 27.1 Å². The number of hydrogen-bond acceptors (Lipinski definition) is 11. The summed E-state index contributed by atoms with van der Waals surface area (Å²) in [7, 11) is 4.99. The Hall–Kier alpha value is -2.44. The maximum absolute atomic E-state index is 13.6. The van der Waals surface area contributed by atoms with E-state index in [4.69, 9.17) is 14.2 Å². The molecule has 0 bridgehead atoms. The molecular weight excluding hydrogens is 542 g/mol. The van der Waals surface area contributed by atoms with Crippen LogP contribution in [0.1, 0.15) is 64.4 Å². The molecule has 5 atom stereocenters. The van der Waals surface area contributed by atoms with E-state index in [0.29, 0.717) is 57.2 Å². The largest absolute Gasteiger partial charge is 0.504 e. The van der Waals surface area contributed by atoms with Crippen molar-refractivity contribution >= 4 is 11.9 Å². The van der Waals surface area contributed by atoms with Gasteiger partial charge in [-0.2, -0.15) is 0 Å². The van der Waals surface area contributed by atoms with Crippen LogP contribution in [-0.2, 0) is 25.5 Å². The summed E-state index contributed by atoms with van der Waals surface area (Å²) >= 11 is 0. The molecule has 11 heteroatoms. The lowest BCUT2D eigenvalue weighted by Gasteiger charge is -2.45. The summed E-state index contributed by atoms with van der Waals surface area (Å²) in [6.07, 6.45) is 2.81. The number of phenols is 1. The molecule has 11 nitrogen and oxygen atoms in total. The van der Waals surface area contributed by atoms with E-state index < -0.39 is 41.7 Å². The number of benzene rings is 1. The Balaban J connectivity index is 2.57. The summed E-state index contributed by atoms with van der Waals surface area (Å²) in [4.78, 5) is 25.9. The smallest absolute Gasteiger partial charge is 0.324 e. The summed E-state index contributed by atoms with van der Waals surface area (Å²) in [5, 5.41) is 39.3. The van der Waals surface area contributed by atoms with Crippen molar-refractivity contribution in [1.29, 1.82) is 0 Å². The SMILES string of the molecule is CNCC(NC)C(=O)OC(CC(OC(C)=O)C(CCCO)CCC(C)O)C1(Cc2ccc(O)c(OC)c2)CCNCC1. The first-order valence-corrected chi connectivity index (χ1v) is 15.1. The first kappa shape index (κ1) is 35.8. The second kappa shape index (κ2) is 18.3. The van der Waals surface area contributed by atoms with Crippen molar-refractivity contribution in [3.63, 3.8) is 0 Å². The van der Waals surface area contributed by atoms with Crippen molar-refractivity contribution in [1.82, 2.24) is 16.0 Å². The van der Waals surface area contributed by atoms with Crippen LogP contribution in [-0.4, -0.2) is 99.1 Å². The third-order valence-electron chi connectivity index (χ3n) is 8.36. The number of aliphatic hydroxyl groups is 2. The molecule has 2 rings (SSSR count). The van der Waals surface area contributed by atoms with E-state index >= 15 is 0 Å². The minimum atomic E-state index is -0.605. The molecule has 1 heterocycles. The highest BCUT2D eigenvalue weighted by atomic mass is 16.6. The molecule has 5 unspecified atom stereocenters. The van der Waals surface area contributed by atoms with Crippen LogP contribution in [0.3, 0.4) is 0 Å². The number of hydrogen-bond donors (Lipinski definition) is 6. The summed E-state index contributed by atoms with van der Waals surface area (Å²) in [6, 6.07) is 4.70. The van der Waals surface area contributed by atoms with Crippen molar-refractivity contribution in [3.8, 4) is 11.5 Å². The van der Waals surface area contributed by atoms with Gasteiger partial charge < -0.3 is 45.5 Å². The molecule has 1 fully saturated rings. The minimum absolute atomic E-state index is 0.00252. The second-order valence-corrected chi connectivity index (χ2v) is 11.6. The van der Waals surface area contributed by atoms with Crippen molar-refractivity contribution < 1.29 is 39.1 Å². The minimum Gasteiger partial charge on any atom is -0.504 e. The number of phenolic OH excluding ortho intramolecular Hbond substituents is 1. The van der Waals surface area contributed by atoms with E-state index in [1.165, 1.54) is 14.0 Å². The maximum Gasteiger partial charge on any atom is 0.324 e. The molecular formula is C31H53N3O8. The fourth-order valence-electron chi connectivity index (χ4n) is 6.01. The van der Waals surface area contributed by atoms with Crippen LogP contribution in [0.15, 0.2) is 18.2 Å². The van der Waals surface area contributed by atoms with Gasteiger partial charge in [0.15, 0.2) is 11.5 Å². The zero-order chi connectivity index (χ0) is 31.1. The molecule has 1 saturated heterocycles. The van der Waals surface area contributed by atoms with Gasteiger partial charge >= 0.3 is 11.9 Å². The molecule has 0 amide bonds. The normalized spacial score (nSPS) is 18.4. The zero-order valence-corrected chi connectivity index (χ0v) is 26.0. The van der Waals surface area contributed by atoms with Crippen LogP contribution in [0.2, 0.25) is 0 Å². The number of piperidine rings is 1. The molecule has 42 heavy (non-hydrogen) atoms. The Kier molecular flexibility index (Phi) is 15.6. The van der Waals surface area contributed by atoms with E-state index in [0.717, 1.165) is 18.7 Å². The van der Waals surface area contributed by atoms with Gasteiger partial charge in [-0.15, -0.1) is 0 Å². The Morgan fingerprint density at radius 3 is 2.40 bits per heavy atom. The number of esters is 2. The lowest BCUT2D eigenvalue weighted by Crippen LogP contribution is -2.52. The number of rotatable bonds is 19. The van der Waals surface area contributed by atoms with Crippen molar-refractivity contribution in [2.45, 2.75) is 89.6 Å². The molecule has 1 aromatic carbocycles. The third-order valence-corrected chi connectivity index (χ3v) is 8.36. The van der Waals surface area contributed by atoms with Gasteiger partial charge in [-0.3, -0.25) is 9.59 Å². The molecule has 0 saturated carbocycles. The highest BCUT2D eigenvalue weighted by molar-refractivity contribution is 5.76. The van der Waals surface area contributed by atoms with Gasteiger partial charge in [-0.1, -0.05) is 6.07 Å². The number of ether oxygens (including phenoxy) is 3. The highest BCUT2D eigenvalue weighted by Gasteiger charge is 2.45. The van der Waals surface area contributed by atoms with Crippen LogP contribution >= 0.6 is 0 Å². The predicted octanol–water partition coefficient (Wildman–Crippen LogP) is 1.90. The molecule has 0 aromatic heterocycles. The summed E-state index contributed by atoms with van der Waals surface area (Å²) in [6.45, 7) is 4.94. The van der Waals surface area contributed by atoms with Gasteiger partial charge in [-0.05, 0) is 103 Å². The number of carbonyl (C=O) groups excluding carboxylic acids is 2. The fraction of sp³-hybridized carbons (Fsp3) is 0.742. The average Bonchev–Trinajstić information content (AvgIpc) is 2.96. The van der Waals surface area contributed by atoms with E-state index in [1.807, 2.05) is 12.1 Å². The number of nitrogens with one attached hydrogen (secondary N) is 3. The van der Waals surface area contributed by atoms with E-state index in [-0.39, 0.29) is 24.7 Å². The quantitative estimate of drug-likeness (QED) is 0.130. The van der Waals surface area contributed by atoms with Gasteiger partial charge in [0, 0.05) is 31.9 Å². The van der Waals surface area contributed by atoms with Gasteiger partial charge in [0.05, 0.1) is 13.2 Å². The van der Waals surface area contributed by atoms with Gasteiger partial charge in [0.2, 0.25) is 0 Å². The van der Waals surface area contributed by atoms with Crippen molar-refractivity contribution in [3.05, 3.63) is 23.8 Å². The lowest BCUT2D eigenvalue weighted by molar-refractivity contribution is -0.168. The number of methoxy groups -OCH3 is 1. The molecule has 1 aromatic rings. The number of likely N-dealkylation sites (N-methyl/N-ethyl adjacent to an activating group) is 2. The van der Waals surface area contributed by atoms with Crippen molar-refractivity contribution in [2.75, 3.05) is 47.4 Å². The monoisotopic (exact) mass is 595 g/mol. The van der Waals surface area contributed by atoms with E-state index in [9.17, 15) is 24.9 Å². The zero-order valence-electron chi connectivity index (χ0n) is 26.0. The number of carbonyl (C=O) groups is 2. The topological polar surface area (TPSA) is 159 Å². The van der Waals surface area contributed by atoms with Crippen LogP contribution in [0.4, 0.5) is 0 Å². The highest BCUT2D eigenvalue weighted by Crippen LogP contribution is 2.43. The first-order chi connectivity index (χ1) is 20.1. The van der Waals surface area contributed by atoms with Gasteiger partial charge in [0.25, 0.3) is 0 Å². The second-order valence-electron chi connectivity index (χ2n) is 11.6. The standard InChI is InChI=1S/C31H53N3O8/c1-21(36)8-10-24(7-6-16-35)27(41-22(2)37)18-29(42-30(39)25(33-4)20-32-3)31(12-14-34-15-13-31)19-23-9-11-26(38)28(17-23)40-5/h9,11,17,21,24-25,27,29,32-36,38H,6-8,10,12-16,18-20H2,1-5H3. The average molecular weight is 596 g/mol. The summed E-state index contributed by atoms with van der Waals surface area (Å²) < 4.78 is 17.7. The van der Waals surface area contributed by atoms with Crippen LogP contribution in [0, 0.1) is 11.3 Å². The predicted molar refractivity (Wildman–Crippen MR) is 160 cm³/mol. The Morgan fingerprint density at radius 1 is 1.12 bits per heavy atom. The molecule has 1 aliphatic rings. The fourth-order valence-corrected chi connectivity index (χ4v) is 6.01. The summed E-state index contributed by atoms with van der Waals surface area (Å²) in [5.41, 5.74) is 0.438. The maximum atomic E-state index is 13.6. The van der Waals surface area contributed by atoms with E-state index in [2.05, 4.69) is 16.0 Å². The molecule has 240 valence electrons. The Bertz CT molecular complexity index is 954. The Morgan fingerprint density at radius 2 is 1.83 bits per heavy atom. The molecule has 1 aliphatic heterocycles. The molecule has 6 N–H and O–H groups in total. The molecule has 0 aliphatic carbocycles. The number of aliphatic hydroxyl groups excluding tert-OH is 2. The Labute approximate surface area is 250 Å². The van der Waals surface area contributed by atoms with Crippen molar-refractivity contribution in [2.24, 2.45) is 11.3 Å². The third kappa shape index (κ3) is 11.0.